The summed E-state index contributed by atoms with van der Waals surface area (Å²) >= 11 is 0. The van der Waals surface area contributed by atoms with Crippen LogP contribution in [-0.2, 0) is 6.54 Å². The van der Waals surface area contributed by atoms with E-state index in [0.29, 0.717) is 17.8 Å². The van der Waals surface area contributed by atoms with Gasteiger partial charge in [0, 0.05) is 30.5 Å². The van der Waals surface area contributed by atoms with Crippen molar-refractivity contribution in [2.24, 2.45) is 0 Å². The summed E-state index contributed by atoms with van der Waals surface area (Å²) in [5.74, 6) is -1.36. The average molecular weight is 274 g/mol. The molecule has 0 aliphatic rings. The predicted octanol–water partition coefficient (Wildman–Crippen LogP) is 2.74. The second-order valence-corrected chi connectivity index (χ2v) is 4.52. The fourth-order valence-electron chi connectivity index (χ4n) is 1.94. The molecule has 0 saturated carbocycles. The first-order chi connectivity index (χ1) is 9.49. The van der Waals surface area contributed by atoms with E-state index in [-0.39, 0.29) is 17.1 Å². The molecule has 2 aromatic rings. The molecule has 4 nitrogen and oxygen atoms in total. The normalized spacial score (nSPS) is 10.3. The van der Waals surface area contributed by atoms with E-state index in [1.165, 1.54) is 18.2 Å². The summed E-state index contributed by atoms with van der Waals surface area (Å²) in [6, 6.07) is 11.2. The van der Waals surface area contributed by atoms with Crippen molar-refractivity contribution >= 4 is 17.3 Å². The molecule has 0 fully saturated rings. The molecule has 0 unspecified atom stereocenters. The van der Waals surface area contributed by atoms with E-state index in [4.69, 9.17) is 10.8 Å². The van der Waals surface area contributed by atoms with Crippen molar-refractivity contribution in [1.29, 1.82) is 0 Å². The zero-order chi connectivity index (χ0) is 14.7. The van der Waals surface area contributed by atoms with E-state index in [1.807, 2.05) is 0 Å². The lowest BCUT2D eigenvalue weighted by molar-refractivity contribution is 0.0698. The van der Waals surface area contributed by atoms with Gasteiger partial charge in [-0.2, -0.15) is 0 Å². The third kappa shape index (κ3) is 2.88. The van der Waals surface area contributed by atoms with E-state index in [9.17, 15) is 9.18 Å². The van der Waals surface area contributed by atoms with Crippen molar-refractivity contribution in [3.63, 3.8) is 0 Å². The highest BCUT2D eigenvalue weighted by molar-refractivity contribution is 5.94. The molecule has 0 aliphatic carbocycles. The Labute approximate surface area is 116 Å². The predicted molar refractivity (Wildman–Crippen MR) is 76.3 cm³/mol. The van der Waals surface area contributed by atoms with Crippen molar-refractivity contribution in [1.82, 2.24) is 0 Å². The molecule has 0 atom stereocenters. The van der Waals surface area contributed by atoms with Crippen LogP contribution in [0.3, 0.4) is 0 Å². The number of halogens is 1. The van der Waals surface area contributed by atoms with Gasteiger partial charge < -0.3 is 15.7 Å². The minimum absolute atomic E-state index is 0.0443. The molecule has 2 rings (SSSR count). The Bertz CT molecular complexity index is 644. The second-order valence-electron chi connectivity index (χ2n) is 4.52. The van der Waals surface area contributed by atoms with Gasteiger partial charge in [-0.1, -0.05) is 18.2 Å². The minimum Gasteiger partial charge on any atom is -0.478 e. The molecule has 5 heteroatoms. The molecule has 20 heavy (non-hydrogen) atoms. The summed E-state index contributed by atoms with van der Waals surface area (Å²) in [5, 5.41) is 9.05. The number of nitrogen functional groups attached to an aromatic ring is 1. The number of aromatic carboxylic acids is 1. The van der Waals surface area contributed by atoms with Gasteiger partial charge in [-0.05, 0) is 24.3 Å². The number of carboxylic acids is 1. The third-order valence-electron chi connectivity index (χ3n) is 3.07. The first-order valence-electron chi connectivity index (χ1n) is 6.06. The zero-order valence-corrected chi connectivity index (χ0v) is 11.0. The van der Waals surface area contributed by atoms with Crippen molar-refractivity contribution in [2.45, 2.75) is 6.54 Å². The monoisotopic (exact) mass is 274 g/mol. The van der Waals surface area contributed by atoms with Crippen LogP contribution in [0.1, 0.15) is 15.9 Å². The van der Waals surface area contributed by atoms with Crippen LogP contribution in [0.25, 0.3) is 0 Å². The number of nitrogens with two attached hydrogens (primary N) is 1. The lowest BCUT2D eigenvalue weighted by atomic mass is 10.1. The Morgan fingerprint density at radius 2 is 2.00 bits per heavy atom. The van der Waals surface area contributed by atoms with Crippen molar-refractivity contribution in [3.8, 4) is 0 Å². The summed E-state index contributed by atoms with van der Waals surface area (Å²) in [6.07, 6.45) is 0. The van der Waals surface area contributed by atoms with Gasteiger partial charge in [0.05, 0.1) is 5.56 Å². The van der Waals surface area contributed by atoms with E-state index in [0.717, 1.165) is 0 Å². The van der Waals surface area contributed by atoms with E-state index in [1.54, 1.807) is 36.2 Å². The number of benzene rings is 2. The lowest BCUT2D eigenvalue weighted by Crippen LogP contribution is -2.18. The molecular formula is C15H15FN2O2. The summed E-state index contributed by atoms with van der Waals surface area (Å²) in [6.45, 7) is 0.343. The molecule has 3 N–H and O–H groups in total. The maximum atomic E-state index is 13.6. The zero-order valence-electron chi connectivity index (χ0n) is 11.0. The number of anilines is 2. The summed E-state index contributed by atoms with van der Waals surface area (Å²) in [4.78, 5) is 12.8. The SMILES string of the molecule is CN(Cc1ccccc1F)c1ccc(N)c(C(=O)O)c1. The highest BCUT2D eigenvalue weighted by Crippen LogP contribution is 2.22. The summed E-state index contributed by atoms with van der Waals surface area (Å²) in [5.41, 5.74) is 7.07. The van der Waals surface area contributed by atoms with Gasteiger partial charge in [0.15, 0.2) is 0 Å². The van der Waals surface area contributed by atoms with Gasteiger partial charge >= 0.3 is 5.97 Å². The van der Waals surface area contributed by atoms with Crippen LogP contribution in [0.4, 0.5) is 15.8 Å². The minimum atomic E-state index is -1.08. The molecule has 0 amide bonds. The molecule has 0 heterocycles. The van der Waals surface area contributed by atoms with Crippen LogP contribution in [0.15, 0.2) is 42.5 Å². The number of nitrogens with zero attached hydrogens (tertiary/aromatic N) is 1. The van der Waals surface area contributed by atoms with Crippen LogP contribution >= 0.6 is 0 Å². The van der Waals surface area contributed by atoms with Gasteiger partial charge in [0.2, 0.25) is 0 Å². The highest BCUT2D eigenvalue weighted by atomic mass is 19.1. The van der Waals surface area contributed by atoms with Crippen molar-refractivity contribution in [3.05, 3.63) is 59.4 Å². The van der Waals surface area contributed by atoms with Crippen molar-refractivity contribution in [2.75, 3.05) is 17.7 Å². The van der Waals surface area contributed by atoms with Crippen LogP contribution in [0, 0.1) is 5.82 Å². The topological polar surface area (TPSA) is 66.6 Å². The van der Waals surface area contributed by atoms with Gasteiger partial charge in [-0.25, -0.2) is 9.18 Å². The molecule has 0 spiro atoms. The Morgan fingerprint density at radius 1 is 1.30 bits per heavy atom. The van der Waals surface area contributed by atoms with Crippen LogP contribution < -0.4 is 10.6 Å². The molecule has 2 aromatic carbocycles. The highest BCUT2D eigenvalue weighted by Gasteiger charge is 2.12. The molecule has 104 valence electrons. The molecule has 0 aliphatic heterocycles. The first kappa shape index (κ1) is 13.9. The third-order valence-corrected chi connectivity index (χ3v) is 3.07. The molecule has 0 bridgehead atoms. The standard InChI is InChI=1S/C15H15FN2O2/c1-18(9-10-4-2-3-5-13(10)16)11-6-7-14(17)12(8-11)15(19)20/h2-8H,9,17H2,1H3,(H,19,20). The Balaban J connectivity index is 2.26. The van der Waals surface area contributed by atoms with Crippen molar-refractivity contribution < 1.29 is 14.3 Å². The maximum Gasteiger partial charge on any atom is 0.337 e. The Morgan fingerprint density at radius 3 is 2.65 bits per heavy atom. The van der Waals surface area contributed by atoms with Crippen LogP contribution in [0.5, 0.6) is 0 Å². The smallest absolute Gasteiger partial charge is 0.337 e. The fraction of sp³-hybridized carbons (Fsp3) is 0.133. The van der Waals surface area contributed by atoms with Gasteiger partial charge in [0.1, 0.15) is 5.82 Å². The average Bonchev–Trinajstić information content (AvgIpc) is 2.41. The fourth-order valence-corrected chi connectivity index (χ4v) is 1.94. The van der Waals surface area contributed by atoms with E-state index in [2.05, 4.69) is 0 Å². The Kier molecular flexibility index (Phi) is 3.89. The van der Waals surface area contributed by atoms with Gasteiger partial charge in [-0.15, -0.1) is 0 Å². The molecular weight excluding hydrogens is 259 g/mol. The number of rotatable bonds is 4. The first-order valence-corrected chi connectivity index (χ1v) is 6.06. The summed E-state index contributed by atoms with van der Waals surface area (Å²) in [7, 11) is 1.77. The van der Waals surface area contributed by atoms with E-state index >= 15 is 0 Å². The molecule has 0 radical (unpaired) electrons. The second kappa shape index (κ2) is 5.61. The number of carboxylic acid groups (broad SMARTS) is 1. The van der Waals surface area contributed by atoms with E-state index < -0.39 is 5.97 Å². The number of hydrogen-bond acceptors (Lipinski definition) is 3. The Hall–Kier alpha value is -2.56. The van der Waals surface area contributed by atoms with Gasteiger partial charge in [0.25, 0.3) is 0 Å². The molecule has 0 aromatic heterocycles. The van der Waals surface area contributed by atoms with Crippen LogP contribution in [0.2, 0.25) is 0 Å². The lowest BCUT2D eigenvalue weighted by Gasteiger charge is -2.20. The molecule has 0 saturated heterocycles. The van der Waals surface area contributed by atoms with Gasteiger partial charge in [-0.3, -0.25) is 0 Å². The number of hydrogen-bond donors (Lipinski definition) is 2. The summed E-state index contributed by atoms with van der Waals surface area (Å²) < 4.78 is 13.6. The van der Waals surface area contributed by atoms with Crippen LogP contribution in [-0.4, -0.2) is 18.1 Å². The largest absolute Gasteiger partial charge is 0.478 e. The number of carbonyl (C=O) groups is 1. The quantitative estimate of drug-likeness (QED) is 0.841. The maximum absolute atomic E-state index is 13.6.